The molecule has 0 amide bonds. The van der Waals surface area contributed by atoms with Crippen molar-refractivity contribution in [3.63, 3.8) is 0 Å². The van der Waals surface area contributed by atoms with Gasteiger partial charge in [0.25, 0.3) is 0 Å². The van der Waals surface area contributed by atoms with E-state index in [4.69, 9.17) is 0 Å². The van der Waals surface area contributed by atoms with Gasteiger partial charge in [0.1, 0.15) is 5.82 Å². The Kier molecular flexibility index (Phi) is 3.21. The van der Waals surface area contributed by atoms with Crippen molar-refractivity contribution in [3.8, 4) is 0 Å². The largest absolute Gasteiger partial charge is 0.296 e. The average molecular weight is 209 g/mol. The number of nitrogens with zero attached hydrogens (tertiary/aromatic N) is 1. The van der Waals surface area contributed by atoms with Gasteiger partial charge in [0, 0.05) is 13.3 Å². The summed E-state index contributed by atoms with van der Waals surface area (Å²) in [7, 11) is 0.256. The highest BCUT2D eigenvalue weighted by molar-refractivity contribution is 6.89. The minimum atomic E-state index is -1.48. The highest BCUT2D eigenvalue weighted by Crippen LogP contribution is 2.07. The Balaban J connectivity index is 3.30. The second-order valence-corrected chi connectivity index (χ2v) is 9.41. The lowest BCUT2D eigenvalue weighted by Gasteiger charge is -2.19. The van der Waals surface area contributed by atoms with Crippen molar-refractivity contribution in [2.75, 3.05) is 7.05 Å². The Hall–Kier alpha value is -0.963. The van der Waals surface area contributed by atoms with Gasteiger partial charge in [-0.3, -0.25) is 4.99 Å². The molecule has 0 aliphatic carbocycles. The van der Waals surface area contributed by atoms with E-state index >= 15 is 0 Å². The third kappa shape index (κ3) is 2.51. The Morgan fingerprint density at radius 2 is 1.93 bits per heavy atom. The van der Waals surface area contributed by atoms with Crippen molar-refractivity contribution < 1.29 is 4.39 Å². The van der Waals surface area contributed by atoms with Crippen LogP contribution in [0.5, 0.6) is 0 Å². The molecule has 14 heavy (non-hydrogen) atoms. The van der Waals surface area contributed by atoms with Crippen LogP contribution >= 0.6 is 0 Å². The summed E-state index contributed by atoms with van der Waals surface area (Å²) in [5.41, 5.74) is 1.05. The first-order chi connectivity index (χ1) is 6.45. The summed E-state index contributed by atoms with van der Waals surface area (Å²) < 4.78 is 13.1. The summed E-state index contributed by atoms with van der Waals surface area (Å²) in [5, 5.41) is 1.13. The first-order valence-electron chi connectivity index (χ1n) is 4.67. The molecule has 76 valence electrons. The number of hydrogen-bond acceptors (Lipinski definition) is 1. The first kappa shape index (κ1) is 11.1. The molecule has 0 radical (unpaired) electrons. The second-order valence-electron chi connectivity index (χ2n) is 4.37. The monoisotopic (exact) mass is 209 g/mol. The van der Waals surface area contributed by atoms with E-state index in [-0.39, 0.29) is 5.82 Å². The summed E-state index contributed by atoms with van der Waals surface area (Å²) >= 11 is 0. The lowest BCUT2D eigenvalue weighted by molar-refractivity contribution is 0.629. The zero-order chi connectivity index (χ0) is 10.8. The van der Waals surface area contributed by atoms with Gasteiger partial charge in [0.15, 0.2) is 0 Å². The van der Waals surface area contributed by atoms with Crippen LogP contribution in [0.1, 0.15) is 5.56 Å². The number of aliphatic imine (C=N–C) groups is 1. The Morgan fingerprint density at radius 3 is 2.43 bits per heavy atom. The fourth-order valence-electron chi connectivity index (χ4n) is 1.43. The molecule has 0 fully saturated rings. The van der Waals surface area contributed by atoms with Gasteiger partial charge in [-0.2, -0.15) is 0 Å². The summed E-state index contributed by atoms with van der Waals surface area (Å²) in [4.78, 5) is 3.98. The van der Waals surface area contributed by atoms with Crippen LogP contribution in [-0.4, -0.2) is 21.3 Å². The molecule has 0 aliphatic heterocycles. The van der Waals surface area contributed by atoms with Crippen LogP contribution in [0.4, 0.5) is 4.39 Å². The standard InChI is InChI=1S/C11H16FNSi/c1-13-8-9-5-6-10(12)7-11(9)14(2,3)4/h5-8H,1-4H3. The van der Waals surface area contributed by atoms with E-state index < -0.39 is 8.07 Å². The maximum absolute atomic E-state index is 13.1. The van der Waals surface area contributed by atoms with E-state index in [1.807, 2.05) is 0 Å². The van der Waals surface area contributed by atoms with Gasteiger partial charge < -0.3 is 0 Å². The number of hydrogen-bond donors (Lipinski definition) is 0. The van der Waals surface area contributed by atoms with Gasteiger partial charge in [0.05, 0.1) is 8.07 Å². The van der Waals surface area contributed by atoms with E-state index in [1.54, 1.807) is 25.4 Å². The molecular weight excluding hydrogens is 193 g/mol. The van der Waals surface area contributed by atoms with Gasteiger partial charge in [-0.25, -0.2) is 4.39 Å². The van der Waals surface area contributed by atoms with Crippen LogP contribution in [0.3, 0.4) is 0 Å². The van der Waals surface area contributed by atoms with Gasteiger partial charge >= 0.3 is 0 Å². The fraction of sp³-hybridized carbons (Fsp3) is 0.364. The molecule has 0 saturated carbocycles. The van der Waals surface area contributed by atoms with Crippen molar-refractivity contribution >= 4 is 19.5 Å². The van der Waals surface area contributed by atoms with E-state index in [1.165, 1.54) is 6.07 Å². The van der Waals surface area contributed by atoms with Crippen molar-refractivity contribution in [2.24, 2.45) is 4.99 Å². The molecule has 1 aromatic rings. The molecule has 0 saturated heterocycles. The summed E-state index contributed by atoms with van der Waals surface area (Å²) in [6.07, 6.45) is 1.80. The molecule has 0 atom stereocenters. The van der Waals surface area contributed by atoms with Crippen LogP contribution in [0.15, 0.2) is 23.2 Å². The Morgan fingerprint density at radius 1 is 1.29 bits per heavy atom. The van der Waals surface area contributed by atoms with Crippen molar-refractivity contribution in [3.05, 3.63) is 29.6 Å². The SMILES string of the molecule is CN=Cc1ccc(F)cc1[Si](C)(C)C. The van der Waals surface area contributed by atoms with Gasteiger partial charge in [0.2, 0.25) is 0 Å². The zero-order valence-corrected chi connectivity index (χ0v) is 10.1. The molecule has 0 spiro atoms. The first-order valence-corrected chi connectivity index (χ1v) is 8.17. The van der Waals surface area contributed by atoms with E-state index in [0.717, 1.165) is 10.8 Å². The molecule has 0 aliphatic rings. The highest BCUT2D eigenvalue weighted by atomic mass is 28.3. The highest BCUT2D eigenvalue weighted by Gasteiger charge is 2.19. The van der Waals surface area contributed by atoms with Crippen molar-refractivity contribution in [1.82, 2.24) is 0 Å². The third-order valence-electron chi connectivity index (χ3n) is 2.09. The third-order valence-corrected chi connectivity index (χ3v) is 4.14. The van der Waals surface area contributed by atoms with Crippen molar-refractivity contribution in [1.29, 1.82) is 0 Å². The smallest absolute Gasteiger partial charge is 0.123 e. The van der Waals surface area contributed by atoms with Crippen LogP contribution < -0.4 is 5.19 Å². The number of benzene rings is 1. The molecule has 0 N–H and O–H groups in total. The second kappa shape index (κ2) is 4.05. The van der Waals surface area contributed by atoms with Crippen LogP contribution in [-0.2, 0) is 0 Å². The summed E-state index contributed by atoms with van der Waals surface area (Å²) in [5.74, 6) is -0.157. The van der Waals surface area contributed by atoms with Crippen LogP contribution in [0, 0.1) is 5.82 Å². The molecule has 1 aromatic carbocycles. The maximum atomic E-state index is 13.1. The molecule has 1 nitrogen and oxygen atoms in total. The quantitative estimate of drug-likeness (QED) is 0.524. The zero-order valence-electron chi connectivity index (χ0n) is 9.13. The van der Waals surface area contributed by atoms with Gasteiger partial charge in [-0.15, -0.1) is 0 Å². The molecule has 0 bridgehead atoms. The van der Waals surface area contributed by atoms with Crippen molar-refractivity contribution in [2.45, 2.75) is 19.6 Å². The Labute approximate surface area is 85.7 Å². The molecule has 0 aromatic heterocycles. The lowest BCUT2D eigenvalue weighted by Crippen LogP contribution is -2.40. The van der Waals surface area contributed by atoms with E-state index in [9.17, 15) is 4.39 Å². The molecule has 3 heteroatoms. The minimum Gasteiger partial charge on any atom is -0.296 e. The molecule has 1 rings (SSSR count). The van der Waals surface area contributed by atoms with E-state index in [0.29, 0.717) is 0 Å². The van der Waals surface area contributed by atoms with E-state index in [2.05, 4.69) is 24.6 Å². The van der Waals surface area contributed by atoms with Crippen LogP contribution in [0.25, 0.3) is 0 Å². The topological polar surface area (TPSA) is 12.4 Å². The number of halogens is 1. The van der Waals surface area contributed by atoms with Gasteiger partial charge in [-0.05, 0) is 22.9 Å². The maximum Gasteiger partial charge on any atom is 0.123 e. The molecule has 0 unspecified atom stereocenters. The predicted molar refractivity (Wildman–Crippen MR) is 62.9 cm³/mol. The average Bonchev–Trinajstić information content (AvgIpc) is 2.07. The summed E-state index contributed by atoms with van der Waals surface area (Å²) in [6.45, 7) is 6.61. The lowest BCUT2D eigenvalue weighted by atomic mass is 10.2. The normalized spacial score (nSPS) is 12.4. The predicted octanol–water partition coefficient (Wildman–Crippen LogP) is 2.42. The fourth-order valence-corrected chi connectivity index (χ4v) is 3.01. The molecular formula is C11H16FNSi. The van der Waals surface area contributed by atoms with Gasteiger partial charge in [-0.1, -0.05) is 25.7 Å². The Bertz CT molecular complexity index is 353. The minimum absolute atomic E-state index is 0.157. The molecule has 0 heterocycles. The van der Waals surface area contributed by atoms with Crippen LogP contribution in [0.2, 0.25) is 19.6 Å². The summed E-state index contributed by atoms with van der Waals surface area (Å²) in [6, 6.07) is 4.93. The number of rotatable bonds is 2.